The number of carbonyl (C=O) groups is 2. The maximum atomic E-state index is 11.1. The van der Waals surface area contributed by atoms with Gasteiger partial charge in [0.2, 0.25) is 0 Å². The molecule has 0 fully saturated rings. The van der Waals surface area contributed by atoms with Crippen molar-refractivity contribution in [2.24, 2.45) is 5.73 Å². The molecule has 0 spiro atoms. The number of amides is 2. The number of rotatable bonds is 1. The number of hydrogen-bond donors (Lipinski definition) is 3. The zero-order valence-corrected chi connectivity index (χ0v) is 9.97. The zero-order chi connectivity index (χ0) is 10.6. The fraction of sp³-hybridized carbons (Fsp3) is 0. The normalized spacial score (nSPS) is 8.53. The third-order valence-corrected chi connectivity index (χ3v) is 1.37. The molecular formula is C8H10CaN2O4. The number of para-hydroxylation sites is 1. The number of primary amides is 1. The van der Waals surface area contributed by atoms with Crippen molar-refractivity contribution < 1.29 is 22.4 Å². The van der Waals surface area contributed by atoms with Crippen LogP contribution in [0.25, 0.3) is 0 Å². The Labute approximate surface area is 118 Å². The van der Waals surface area contributed by atoms with Gasteiger partial charge in [0.05, 0.1) is 0 Å². The second kappa shape index (κ2) is 6.49. The van der Waals surface area contributed by atoms with Gasteiger partial charge in [-0.2, -0.15) is 5.48 Å². The van der Waals surface area contributed by atoms with Gasteiger partial charge in [-0.1, -0.05) is 12.1 Å². The van der Waals surface area contributed by atoms with Gasteiger partial charge in [-0.3, -0.25) is 0 Å². The van der Waals surface area contributed by atoms with Gasteiger partial charge >= 0.3 is 49.7 Å². The summed E-state index contributed by atoms with van der Waals surface area (Å²) in [6.07, 6.45) is 0. The van der Waals surface area contributed by atoms with Crippen LogP contribution in [0.15, 0.2) is 24.3 Å². The third kappa shape index (κ3) is 4.37. The minimum Gasteiger partial charge on any atom is -1.00 e. The Kier molecular flexibility index (Phi) is 6.07. The van der Waals surface area contributed by atoms with E-state index in [-0.39, 0.29) is 51.9 Å². The van der Waals surface area contributed by atoms with Crippen LogP contribution in [0.3, 0.4) is 0 Å². The molecule has 0 atom stereocenters. The van der Waals surface area contributed by atoms with Crippen LogP contribution in [0.5, 0.6) is 5.75 Å². The fourth-order valence-corrected chi connectivity index (χ4v) is 0.798. The van der Waals surface area contributed by atoms with E-state index in [9.17, 15) is 14.7 Å². The van der Waals surface area contributed by atoms with Crippen LogP contribution >= 0.6 is 0 Å². The monoisotopic (exact) mass is 238 g/mol. The van der Waals surface area contributed by atoms with E-state index in [2.05, 4.69) is 10.6 Å². The van der Waals surface area contributed by atoms with E-state index in [1.807, 2.05) is 0 Å². The van der Waals surface area contributed by atoms with Gasteiger partial charge < -0.3 is 18.5 Å². The van der Waals surface area contributed by atoms with Crippen molar-refractivity contribution in [2.45, 2.75) is 0 Å². The predicted octanol–water partition coefficient (Wildman–Crippen LogP) is -0.0235. The second-order valence-corrected chi connectivity index (χ2v) is 2.37. The van der Waals surface area contributed by atoms with E-state index in [4.69, 9.17) is 0 Å². The Morgan fingerprint density at radius 1 is 1.40 bits per heavy atom. The number of hydrogen-bond acceptors (Lipinski definition) is 4. The van der Waals surface area contributed by atoms with E-state index in [0.29, 0.717) is 0 Å². The van der Waals surface area contributed by atoms with Crippen molar-refractivity contribution in [2.75, 3.05) is 0 Å². The molecule has 0 aliphatic carbocycles. The van der Waals surface area contributed by atoms with Gasteiger partial charge in [0.1, 0.15) is 11.3 Å². The summed E-state index contributed by atoms with van der Waals surface area (Å²) in [6.45, 7) is 0. The minimum atomic E-state index is -0.992. The molecule has 0 unspecified atom stereocenters. The first kappa shape index (κ1) is 14.0. The zero-order valence-electron chi connectivity index (χ0n) is 9.77. The molecule has 1 rings (SSSR count). The molecule has 0 heterocycles. The van der Waals surface area contributed by atoms with Crippen LogP contribution in [0, 0.1) is 0 Å². The Morgan fingerprint density at radius 3 is 2.53 bits per heavy atom. The molecule has 4 N–H and O–H groups in total. The van der Waals surface area contributed by atoms with Crippen molar-refractivity contribution >= 4 is 49.7 Å². The average molecular weight is 238 g/mol. The third-order valence-electron chi connectivity index (χ3n) is 1.37. The molecule has 0 aliphatic heterocycles. The molecule has 2 amide bonds. The second-order valence-electron chi connectivity index (χ2n) is 2.37. The van der Waals surface area contributed by atoms with Crippen LogP contribution in [-0.2, 0) is 4.84 Å². The molecule has 1 aromatic carbocycles. The van der Waals surface area contributed by atoms with Gasteiger partial charge in [-0.25, -0.2) is 9.59 Å². The van der Waals surface area contributed by atoms with Crippen molar-refractivity contribution in [3.05, 3.63) is 29.8 Å². The molecule has 0 saturated heterocycles. The topological polar surface area (TPSA) is 102 Å². The van der Waals surface area contributed by atoms with Crippen LogP contribution in [-0.4, -0.2) is 54.8 Å². The summed E-state index contributed by atoms with van der Waals surface area (Å²) >= 11 is 0. The molecule has 0 saturated carbocycles. The Bertz CT molecular complexity index is 378. The number of nitrogens with one attached hydrogen (secondary N) is 1. The van der Waals surface area contributed by atoms with Gasteiger partial charge in [0.25, 0.3) is 0 Å². The maximum absolute atomic E-state index is 11.1. The summed E-state index contributed by atoms with van der Waals surface area (Å²) in [5.41, 5.74) is 6.26. The van der Waals surface area contributed by atoms with Crippen molar-refractivity contribution in [1.82, 2.24) is 5.48 Å². The summed E-state index contributed by atoms with van der Waals surface area (Å²) in [4.78, 5) is 25.6. The molecule has 0 aliphatic rings. The van der Waals surface area contributed by atoms with E-state index in [0.717, 1.165) is 0 Å². The van der Waals surface area contributed by atoms with E-state index in [1.54, 1.807) is 17.6 Å². The first-order chi connectivity index (χ1) is 6.61. The Hall–Kier alpha value is -0.980. The Morgan fingerprint density at radius 2 is 2.00 bits per heavy atom. The first-order valence-corrected chi connectivity index (χ1v) is 3.66. The number of nitrogens with two attached hydrogens (primary N) is 1. The summed E-state index contributed by atoms with van der Waals surface area (Å²) in [5.74, 6) is -1.12. The van der Waals surface area contributed by atoms with Crippen LogP contribution in [0.2, 0.25) is 0 Å². The number of phenolic OH excluding ortho intramolecular Hbond substituents is 1. The molecule has 0 aromatic heterocycles. The number of aromatic hydroxyl groups is 1. The smallest absolute Gasteiger partial charge is 1.00 e. The first-order valence-electron chi connectivity index (χ1n) is 3.66. The fourth-order valence-electron chi connectivity index (χ4n) is 0.798. The number of urea groups is 1. The maximum Gasteiger partial charge on any atom is 2.00 e. The molecule has 0 radical (unpaired) electrons. The summed E-state index contributed by atoms with van der Waals surface area (Å²) in [6, 6.07) is 4.77. The van der Waals surface area contributed by atoms with Crippen LogP contribution in [0.4, 0.5) is 4.79 Å². The van der Waals surface area contributed by atoms with Crippen LogP contribution < -0.4 is 11.2 Å². The molecule has 6 nitrogen and oxygen atoms in total. The number of benzene rings is 1. The van der Waals surface area contributed by atoms with Crippen molar-refractivity contribution in [1.29, 1.82) is 0 Å². The van der Waals surface area contributed by atoms with Crippen molar-refractivity contribution in [3.63, 3.8) is 0 Å². The molecule has 1 aromatic rings. The van der Waals surface area contributed by atoms with Gasteiger partial charge in [-0.05, 0) is 12.1 Å². The average Bonchev–Trinajstić information content (AvgIpc) is 2.15. The summed E-state index contributed by atoms with van der Waals surface area (Å²) in [7, 11) is 0. The molecule has 7 heteroatoms. The molecule has 15 heavy (non-hydrogen) atoms. The standard InChI is InChI=1S/C8H8N2O4.Ca.2H/c9-8(13)10-14-7(12)5-3-1-2-4-6(5)11;;;/h1-4,11H,(H3,9,10,13);;;/q;+2;2*-1. The predicted molar refractivity (Wildman–Crippen MR) is 54.2 cm³/mol. The quantitative estimate of drug-likeness (QED) is 0.472. The SMILES string of the molecule is NC(=O)NOC(=O)c1ccccc1O.[Ca+2].[H-].[H-]. The van der Waals surface area contributed by atoms with Crippen molar-refractivity contribution in [3.8, 4) is 5.75 Å². The largest absolute Gasteiger partial charge is 2.00 e. The van der Waals surface area contributed by atoms with Crippen LogP contribution in [0.1, 0.15) is 13.2 Å². The number of phenols is 1. The molecule has 0 bridgehead atoms. The van der Waals surface area contributed by atoms with Gasteiger partial charge in [-0.15, -0.1) is 0 Å². The van der Waals surface area contributed by atoms with Gasteiger partial charge in [0, 0.05) is 0 Å². The Balaban J connectivity index is -0.000000653. The molecular weight excluding hydrogens is 228 g/mol. The molecule has 78 valence electrons. The summed E-state index contributed by atoms with van der Waals surface area (Å²) in [5, 5.41) is 9.20. The van der Waals surface area contributed by atoms with Gasteiger partial charge in [0.15, 0.2) is 0 Å². The van der Waals surface area contributed by atoms with E-state index < -0.39 is 12.0 Å². The minimum absolute atomic E-state index is 0. The van der Waals surface area contributed by atoms with E-state index >= 15 is 0 Å². The summed E-state index contributed by atoms with van der Waals surface area (Å²) < 4.78 is 0. The van der Waals surface area contributed by atoms with E-state index in [1.165, 1.54) is 12.1 Å². The number of hydroxylamine groups is 1. The number of carbonyl (C=O) groups excluding carboxylic acids is 2.